The SMILES string of the molecule is NC(=O)OC[C@H]1CCC(F)(F)CN1C(=O)c1cccc(Cl)n1. The number of alkyl halides is 2. The van der Waals surface area contributed by atoms with Crippen molar-refractivity contribution in [1.29, 1.82) is 0 Å². The van der Waals surface area contributed by atoms with Gasteiger partial charge in [-0.1, -0.05) is 17.7 Å². The van der Waals surface area contributed by atoms with E-state index in [-0.39, 0.29) is 23.9 Å². The molecule has 1 fully saturated rings. The van der Waals surface area contributed by atoms with Crippen LogP contribution in [0.15, 0.2) is 18.2 Å². The van der Waals surface area contributed by atoms with Gasteiger partial charge in [0, 0.05) is 6.42 Å². The molecule has 1 aromatic heterocycles. The number of nitrogens with two attached hydrogens (primary N) is 1. The third kappa shape index (κ3) is 4.03. The highest BCUT2D eigenvalue weighted by molar-refractivity contribution is 6.29. The lowest BCUT2D eigenvalue weighted by Gasteiger charge is -2.38. The summed E-state index contributed by atoms with van der Waals surface area (Å²) < 4.78 is 31.9. The lowest BCUT2D eigenvalue weighted by atomic mass is 9.99. The van der Waals surface area contributed by atoms with Crippen LogP contribution in [0.5, 0.6) is 0 Å². The molecule has 0 saturated carbocycles. The number of carbonyl (C=O) groups is 2. The largest absolute Gasteiger partial charge is 0.448 e. The Morgan fingerprint density at radius 1 is 1.50 bits per heavy atom. The molecule has 2 heterocycles. The van der Waals surface area contributed by atoms with Crippen molar-refractivity contribution in [1.82, 2.24) is 9.88 Å². The van der Waals surface area contributed by atoms with Crippen LogP contribution in [0.3, 0.4) is 0 Å². The fourth-order valence-corrected chi connectivity index (χ4v) is 2.42. The highest BCUT2D eigenvalue weighted by Crippen LogP contribution is 2.31. The smallest absolute Gasteiger partial charge is 0.404 e. The third-order valence-corrected chi connectivity index (χ3v) is 3.51. The predicted octanol–water partition coefficient (Wildman–Crippen LogP) is 2.07. The molecule has 0 aromatic carbocycles. The fraction of sp³-hybridized carbons (Fsp3) is 0.462. The first-order valence-corrected chi connectivity index (χ1v) is 6.90. The second-order valence-corrected chi connectivity index (χ2v) is 5.34. The molecule has 0 unspecified atom stereocenters. The Morgan fingerprint density at radius 2 is 2.23 bits per heavy atom. The zero-order chi connectivity index (χ0) is 16.3. The van der Waals surface area contributed by atoms with Gasteiger partial charge in [-0.3, -0.25) is 4.79 Å². The number of hydrogen-bond acceptors (Lipinski definition) is 4. The Labute approximate surface area is 130 Å². The van der Waals surface area contributed by atoms with Crippen molar-refractivity contribution in [2.45, 2.75) is 24.8 Å². The lowest BCUT2D eigenvalue weighted by Crippen LogP contribution is -2.53. The summed E-state index contributed by atoms with van der Waals surface area (Å²) in [5.74, 6) is -3.70. The highest BCUT2D eigenvalue weighted by Gasteiger charge is 2.43. The molecule has 0 spiro atoms. The molecule has 0 aliphatic carbocycles. The molecule has 0 bridgehead atoms. The maximum Gasteiger partial charge on any atom is 0.404 e. The molecule has 1 atom stereocenters. The van der Waals surface area contributed by atoms with Gasteiger partial charge in [-0.05, 0) is 18.6 Å². The number of hydrogen-bond donors (Lipinski definition) is 1. The van der Waals surface area contributed by atoms with Gasteiger partial charge in [0.05, 0.1) is 12.6 Å². The number of pyridine rings is 1. The van der Waals surface area contributed by atoms with E-state index in [1.807, 2.05) is 0 Å². The van der Waals surface area contributed by atoms with Crippen LogP contribution in [0, 0.1) is 0 Å². The number of primary amides is 1. The minimum Gasteiger partial charge on any atom is -0.448 e. The zero-order valence-corrected chi connectivity index (χ0v) is 12.2. The summed E-state index contributed by atoms with van der Waals surface area (Å²) in [7, 11) is 0. The standard InChI is InChI=1S/C13H14ClF2N3O3/c14-10-3-1-2-9(18-10)11(20)19-7-13(15,16)5-4-8(19)6-22-12(17)21/h1-3,8H,4-7H2,(H2,17,21)/t8-/m1/s1. The van der Waals surface area contributed by atoms with Crippen LogP contribution < -0.4 is 5.73 Å². The van der Waals surface area contributed by atoms with Crippen molar-refractivity contribution < 1.29 is 23.1 Å². The third-order valence-electron chi connectivity index (χ3n) is 3.30. The van der Waals surface area contributed by atoms with Crippen LogP contribution in [0.2, 0.25) is 5.15 Å². The molecule has 120 valence electrons. The van der Waals surface area contributed by atoms with Crippen molar-refractivity contribution in [3.8, 4) is 0 Å². The van der Waals surface area contributed by atoms with E-state index in [0.717, 1.165) is 4.90 Å². The highest BCUT2D eigenvalue weighted by atomic mass is 35.5. The summed E-state index contributed by atoms with van der Waals surface area (Å²) in [6.45, 7) is -1.01. The zero-order valence-electron chi connectivity index (χ0n) is 11.5. The lowest BCUT2D eigenvalue weighted by molar-refractivity contribution is -0.0788. The molecule has 1 aromatic rings. The number of piperidine rings is 1. The number of halogens is 3. The van der Waals surface area contributed by atoms with E-state index in [1.54, 1.807) is 0 Å². The molecule has 2 rings (SSSR count). The molecule has 9 heteroatoms. The molecule has 6 nitrogen and oxygen atoms in total. The molecule has 22 heavy (non-hydrogen) atoms. The summed E-state index contributed by atoms with van der Waals surface area (Å²) in [4.78, 5) is 27.8. The number of rotatable bonds is 3. The monoisotopic (exact) mass is 333 g/mol. The Bertz CT molecular complexity index is 585. The van der Waals surface area contributed by atoms with Gasteiger partial charge in [0.25, 0.3) is 11.8 Å². The van der Waals surface area contributed by atoms with E-state index in [1.165, 1.54) is 18.2 Å². The minimum atomic E-state index is -3.00. The van der Waals surface area contributed by atoms with E-state index >= 15 is 0 Å². The quantitative estimate of drug-likeness (QED) is 0.858. The van der Waals surface area contributed by atoms with Gasteiger partial charge in [0.2, 0.25) is 0 Å². The topological polar surface area (TPSA) is 85.5 Å². The van der Waals surface area contributed by atoms with Crippen LogP contribution >= 0.6 is 11.6 Å². The average molecular weight is 334 g/mol. The van der Waals surface area contributed by atoms with Crippen molar-refractivity contribution >= 4 is 23.6 Å². The molecule has 1 saturated heterocycles. The van der Waals surface area contributed by atoms with E-state index in [4.69, 9.17) is 17.3 Å². The van der Waals surface area contributed by atoms with Crippen LogP contribution in [-0.2, 0) is 4.74 Å². The molecule has 1 aliphatic rings. The first kappa shape index (κ1) is 16.4. The molecular weight excluding hydrogens is 320 g/mol. The normalized spacial score (nSPS) is 20.5. The van der Waals surface area contributed by atoms with Gasteiger partial charge in [-0.15, -0.1) is 0 Å². The summed E-state index contributed by atoms with van der Waals surface area (Å²) in [5.41, 5.74) is 4.83. The maximum atomic E-state index is 13.6. The van der Waals surface area contributed by atoms with Crippen molar-refractivity contribution in [3.63, 3.8) is 0 Å². The number of aromatic nitrogens is 1. The fourth-order valence-electron chi connectivity index (χ4n) is 2.25. The first-order valence-electron chi connectivity index (χ1n) is 6.52. The van der Waals surface area contributed by atoms with E-state index in [0.29, 0.717) is 0 Å². The summed E-state index contributed by atoms with van der Waals surface area (Å²) in [5, 5.41) is 0.0829. The van der Waals surface area contributed by atoms with Crippen LogP contribution in [0.4, 0.5) is 13.6 Å². The van der Waals surface area contributed by atoms with Gasteiger partial charge < -0.3 is 15.4 Å². The molecular formula is C13H14ClF2N3O3. The maximum absolute atomic E-state index is 13.6. The van der Waals surface area contributed by atoms with Crippen LogP contribution in [0.1, 0.15) is 23.3 Å². The second kappa shape index (κ2) is 6.43. The Hall–Kier alpha value is -1.96. The minimum absolute atomic E-state index is 0.00736. The number of ether oxygens (including phenoxy) is 1. The summed E-state index contributed by atoms with van der Waals surface area (Å²) in [6, 6.07) is 3.67. The summed E-state index contributed by atoms with van der Waals surface area (Å²) in [6.07, 6.45) is -1.43. The molecule has 0 radical (unpaired) electrons. The number of nitrogens with zero attached hydrogens (tertiary/aromatic N) is 2. The van der Waals surface area contributed by atoms with Crippen molar-refractivity contribution in [2.24, 2.45) is 5.73 Å². The molecule has 2 N–H and O–H groups in total. The van der Waals surface area contributed by atoms with Gasteiger partial charge in [-0.25, -0.2) is 18.6 Å². The predicted molar refractivity (Wildman–Crippen MR) is 73.8 cm³/mol. The molecule has 2 amide bonds. The van der Waals surface area contributed by atoms with Gasteiger partial charge >= 0.3 is 6.09 Å². The Kier molecular flexibility index (Phi) is 4.80. The number of carbonyl (C=O) groups excluding carboxylic acids is 2. The van der Waals surface area contributed by atoms with Gasteiger partial charge in [0.15, 0.2) is 0 Å². The average Bonchev–Trinajstić information content (AvgIpc) is 2.44. The van der Waals surface area contributed by atoms with E-state index in [2.05, 4.69) is 9.72 Å². The van der Waals surface area contributed by atoms with Gasteiger partial charge in [0.1, 0.15) is 17.5 Å². The van der Waals surface area contributed by atoms with E-state index < -0.39 is 36.9 Å². The van der Waals surface area contributed by atoms with Crippen molar-refractivity contribution in [2.75, 3.05) is 13.2 Å². The van der Waals surface area contributed by atoms with Crippen LogP contribution in [0.25, 0.3) is 0 Å². The van der Waals surface area contributed by atoms with E-state index in [9.17, 15) is 18.4 Å². The Balaban J connectivity index is 2.20. The Morgan fingerprint density at radius 3 is 2.86 bits per heavy atom. The van der Waals surface area contributed by atoms with Gasteiger partial charge in [-0.2, -0.15) is 0 Å². The number of amides is 2. The number of likely N-dealkylation sites (tertiary alicyclic amines) is 1. The molecule has 1 aliphatic heterocycles. The second-order valence-electron chi connectivity index (χ2n) is 4.96. The summed E-state index contributed by atoms with van der Waals surface area (Å²) >= 11 is 5.71. The van der Waals surface area contributed by atoms with Crippen molar-refractivity contribution in [3.05, 3.63) is 29.0 Å². The first-order chi connectivity index (χ1) is 10.3. The van der Waals surface area contributed by atoms with Crippen LogP contribution in [-0.4, -0.2) is 47.0 Å².